The molecule has 0 saturated heterocycles. The second kappa shape index (κ2) is 8.81. The standard InChI is InChI=1S/C18H28N4/c1-15-8-7-12-21-18(15)14-22(13-6-4-10-19)16(2)17-9-3-5-11-20-17/h3,5,7,9,11-12,15-16H,4,6,8,10,13-14,19H2,1-2H3. The fourth-order valence-electron chi connectivity index (χ4n) is 2.76. The Bertz CT molecular complexity index is 495. The molecule has 0 aliphatic carbocycles. The average Bonchev–Trinajstić information content (AvgIpc) is 2.56. The van der Waals surface area contributed by atoms with Crippen molar-refractivity contribution < 1.29 is 0 Å². The minimum Gasteiger partial charge on any atom is -0.330 e. The minimum atomic E-state index is 0.291. The van der Waals surface area contributed by atoms with Crippen molar-refractivity contribution in [2.75, 3.05) is 19.6 Å². The molecule has 4 heteroatoms. The van der Waals surface area contributed by atoms with Crippen molar-refractivity contribution >= 4 is 5.71 Å². The van der Waals surface area contributed by atoms with Crippen LogP contribution in [-0.4, -0.2) is 35.2 Å². The van der Waals surface area contributed by atoms with Crippen LogP contribution >= 0.6 is 0 Å². The maximum atomic E-state index is 5.64. The number of unbranched alkanes of at least 4 members (excludes halogenated alkanes) is 1. The van der Waals surface area contributed by atoms with Gasteiger partial charge in [0.25, 0.3) is 0 Å². The molecule has 1 aliphatic rings. The van der Waals surface area contributed by atoms with E-state index in [0.717, 1.165) is 44.6 Å². The van der Waals surface area contributed by atoms with Gasteiger partial charge in [-0.2, -0.15) is 0 Å². The molecule has 2 rings (SSSR count). The summed E-state index contributed by atoms with van der Waals surface area (Å²) in [7, 11) is 0. The topological polar surface area (TPSA) is 54.5 Å². The molecule has 0 aromatic carbocycles. The molecule has 0 fully saturated rings. The van der Waals surface area contributed by atoms with Crippen LogP contribution in [-0.2, 0) is 0 Å². The zero-order valence-corrected chi connectivity index (χ0v) is 13.8. The Hall–Kier alpha value is -1.52. The predicted octanol–water partition coefficient (Wildman–Crippen LogP) is 3.18. The van der Waals surface area contributed by atoms with Crippen molar-refractivity contribution in [2.24, 2.45) is 16.6 Å². The van der Waals surface area contributed by atoms with Crippen LogP contribution in [0.5, 0.6) is 0 Å². The molecule has 1 aliphatic heterocycles. The van der Waals surface area contributed by atoms with Crippen LogP contribution in [0.3, 0.4) is 0 Å². The summed E-state index contributed by atoms with van der Waals surface area (Å²) < 4.78 is 0. The Morgan fingerprint density at radius 2 is 2.23 bits per heavy atom. The summed E-state index contributed by atoms with van der Waals surface area (Å²) in [5, 5.41) is 0. The normalized spacial score (nSPS) is 19.3. The highest BCUT2D eigenvalue weighted by molar-refractivity contribution is 5.89. The van der Waals surface area contributed by atoms with Gasteiger partial charge in [0.05, 0.1) is 5.69 Å². The number of hydrogen-bond donors (Lipinski definition) is 1. The molecule has 0 amide bonds. The summed E-state index contributed by atoms with van der Waals surface area (Å²) in [6, 6.07) is 6.42. The van der Waals surface area contributed by atoms with Crippen LogP contribution in [0, 0.1) is 5.92 Å². The third-order valence-corrected chi connectivity index (χ3v) is 4.33. The first kappa shape index (κ1) is 16.8. The van der Waals surface area contributed by atoms with E-state index in [1.165, 1.54) is 5.71 Å². The number of hydrogen-bond acceptors (Lipinski definition) is 4. The highest BCUT2D eigenvalue weighted by Crippen LogP contribution is 2.21. The smallest absolute Gasteiger partial charge is 0.0572 e. The fraction of sp³-hybridized carbons (Fsp3) is 0.556. The van der Waals surface area contributed by atoms with Gasteiger partial charge in [0.1, 0.15) is 0 Å². The van der Waals surface area contributed by atoms with E-state index in [1.807, 2.05) is 18.5 Å². The van der Waals surface area contributed by atoms with Crippen LogP contribution in [0.1, 0.15) is 44.8 Å². The van der Waals surface area contributed by atoms with E-state index in [-0.39, 0.29) is 0 Å². The molecule has 0 bridgehead atoms. The number of rotatable bonds is 8. The summed E-state index contributed by atoms with van der Waals surface area (Å²) >= 11 is 0. The molecule has 2 atom stereocenters. The summed E-state index contributed by atoms with van der Waals surface area (Å²) in [5.41, 5.74) is 8.04. The molecule has 120 valence electrons. The molecule has 1 aromatic rings. The maximum Gasteiger partial charge on any atom is 0.0572 e. The first-order chi connectivity index (χ1) is 10.7. The summed E-state index contributed by atoms with van der Waals surface area (Å²) in [5.74, 6) is 0.526. The van der Waals surface area contributed by atoms with E-state index in [4.69, 9.17) is 5.73 Å². The van der Waals surface area contributed by atoms with Crippen LogP contribution in [0.4, 0.5) is 0 Å². The molecule has 2 unspecified atom stereocenters. The second-order valence-electron chi connectivity index (χ2n) is 6.04. The van der Waals surface area contributed by atoms with Crippen molar-refractivity contribution in [2.45, 2.75) is 39.2 Å². The van der Waals surface area contributed by atoms with Crippen molar-refractivity contribution in [3.8, 4) is 0 Å². The Labute approximate surface area is 134 Å². The molecule has 0 spiro atoms. The molecule has 4 nitrogen and oxygen atoms in total. The quantitative estimate of drug-likeness (QED) is 0.750. The van der Waals surface area contributed by atoms with E-state index in [2.05, 4.69) is 46.9 Å². The number of allylic oxidation sites excluding steroid dienone is 1. The number of nitrogens with zero attached hydrogens (tertiary/aromatic N) is 3. The molecule has 0 saturated carbocycles. The predicted molar refractivity (Wildman–Crippen MR) is 92.9 cm³/mol. The van der Waals surface area contributed by atoms with Crippen molar-refractivity contribution in [1.82, 2.24) is 9.88 Å². The summed E-state index contributed by atoms with van der Waals surface area (Å²) in [4.78, 5) is 11.6. The van der Waals surface area contributed by atoms with Crippen LogP contribution in [0.25, 0.3) is 0 Å². The lowest BCUT2D eigenvalue weighted by molar-refractivity contribution is 0.230. The van der Waals surface area contributed by atoms with Gasteiger partial charge in [-0.25, -0.2) is 0 Å². The van der Waals surface area contributed by atoms with Gasteiger partial charge in [-0.05, 0) is 57.3 Å². The molecule has 0 radical (unpaired) electrons. The van der Waals surface area contributed by atoms with E-state index >= 15 is 0 Å². The van der Waals surface area contributed by atoms with Gasteiger partial charge in [-0.1, -0.05) is 19.1 Å². The Kier molecular flexibility index (Phi) is 6.74. The van der Waals surface area contributed by atoms with Gasteiger partial charge in [0.15, 0.2) is 0 Å². The molecule has 1 aromatic heterocycles. The highest BCUT2D eigenvalue weighted by Gasteiger charge is 2.21. The molecular weight excluding hydrogens is 272 g/mol. The maximum absolute atomic E-state index is 5.64. The highest BCUT2D eigenvalue weighted by atomic mass is 15.2. The Morgan fingerprint density at radius 1 is 1.36 bits per heavy atom. The number of pyridine rings is 1. The minimum absolute atomic E-state index is 0.291. The number of nitrogens with two attached hydrogens (primary N) is 1. The Morgan fingerprint density at radius 3 is 2.91 bits per heavy atom. The first-order valence-corrected chi connectivity index (χ1v) is 8.29. The van der Waals surface area contributed by atoms with Gasteiger partial charge in [-0.3, -0.25) is 14.9 Å². The average molecular weight is 300 g/mol. The van der Waals surface area contributed by atoms with E-state index < -0.39 is 0 Å². The lowest BCUT2D eigenvalue weighted by Gasteiger charge is -2.31. The molecule has 2 N–H and O–H groups in total. The zero-order chi connectivity index (χ0) is 15.8. The largest absolute Gasteiger partial charge is 0.330 e. The van der Waals surface area contributed by atoms with Gasteiger partial charge in [0.2, 0.25) is 0 Å². The van der Waals surface area contributed by atoms with Crippen molar-refractivity contribution in [3.05, 3.63) is 42.4 Å². The first-order valence-electron chi connectivity index (χ1n) is 8.29. The van der Waals surface area contributed by atoms with E-state index in [1.54, 1.807) is 0 Å². The molecule has 2 heterocycles. The molecule has 22 heavy (non-hydrogen) atoms. The zero-order valence-electron chi connectivity index (χ0n) is 13.8. The SMILES string of the molecule is CC1CC=CN=C1CN(CCCCN)C(C)c1ccccn1. The summed E-state index contributed by atoms with van der Waals surface area (Å²) in [6.45, 7) is 7.19. The third-order valence-electron chi connectivity index (χ3n) is 4.33. The lowest BCUT2D eigenvalue weighted by Crippen LogP contribution is -2.36. The van der Waals surface area contributed by atoms with Gasteiger partial charge < -0.3 is 5.73 Å². The summed E-state index contributed by atoms with van der Waals surface area (Å²) in [6.07, 6.45) is 9.23. The van der Waals surface area contributed by atoms with Crippen LogP contribution in [0.2, 0.25) is 0 Å². The fourth-order valence-corrected chi connectivity index (χ4v) is 2.76. The van der Waals surface area contributed by atoms with Crippen LogP contribution < -0.4 is 5.73 Å². The number of aromatic nitrogens is 1. The van der Waals surface area contributed by atoms with E-state index in [0.29, 0.717) is 12.0 Å². The second-order valence-corrected chi connectivity index (χ2v) is 6.04. The van der Waals surface area contributed by atoms with E-state index in [9.17, 15) is 0 Å². The lowest BCUT2D eigenvalue weighted by atomic mass is 9.98. The van der Waals surface area contributed by atoms with Gasteiger partial charge >= 0.3 is 0 Å². The van der Waals surface area contributed by atoms with Crippen molar-refractivity contribution in [3.63, 3.8) is 0 Å². The third kappa shape index (κ3) is 4.75. The Balaban J connectivity index is 2.08. The van der Waals surface area contributed by atoms with Crippen LogP contribution in [0.15, 0.2) is 41.7 Å². The van der Waals surface area contributed by atoms with Gasteiger partial charge in [-0.15, -0.1) is 0 Å². The van der Waals surface area contributed by atoms with Gasteiger partial charge in [0, 0.05) is 30.7 Å². The number of aliphatic imine (C=N–C) groups is 1. The monoisotopic (exact) mass is 300 g/mol. The molecular formula is C18H28N4. The van der Waals surface area contributed by atoms with Crippen molar-refractivity contribution in [1.29, 1.82) is 0 Å².